The van der Waals surface area contributed by atoms with Crippen LogP contribution in [0.25, 0.3) is 27.8 Å². The minimum atomic E-state index is -0.182. The van der Waals surface area contributed by atoms with Gasteiger partial charge in [-0.2, -0.15) is 0 Å². The highest BCUT2D eigenvalue weighted by atomic mass is 16.1. The molecule has 0 saturated heterocycles. The van der Waals surface area contributed by atoms with E-state index in [1.54, 1.807) is 6.20 Å². The van der Waals surface area contributed by atoms with Crippen molar-refractivity contribution in [3.05, 3.63) is 126 Å². The van der Waals surface area contributed by atoms with E-state index < -0.39 is 0 Å². The van der Waals surface area contributed by atoms with E-state index in [4.69, 9.17) is 0 Å². The highest BCUT2D eigenvalue weighted by Gasteiger charge is 2.48. The number of amides is 1. The predicted molar refractivity (Wildman–Crippen MR) is 150 cm³/mol. The zero-order valence-corrected chi connectivity index (χ0v) is 21.5. The first-order valence-electron chi connectivity index (χ1n) is 13.1. The summed E-state index contributed by atoms with van der Waals surface area (Å²) in [6.45, 7) is 1.93. The van der Waals surface area contributed by atoms with Gasteiger partial charge < -0.3 is 5.32 Å². The molecule has 1 unspecified atom stereocenters. The van der Waals surface area contributed by atoms with Crippen molar-refractivity contribution >= 4 is 22.6 Å². The molecule has 1 atom stereocenters. The first kappa shape index (κ1) is 23.2. The van der Waals surface area contributed by atoms with Crippen LogP contribution in [0, 0.1) is 0 Å². The van der Waals surface area contributed by atoms with Crippen molar-refractivity contribution in [2.24, 2.45) is 0 Å². The molecular formula is C32H26N6O. The summed E-state index contributed by atoms with van der Waals surface area (Å²) in [7, 11) is 0. The number of nitrogens with zero attached hydrogens (tertiary/aromatic N) is 5. The molecule has 1 aliphatic rings. The maximum Gasteiger partial charge on any atom is 0.251 e. The van der Waals surface area contributed by atoms with Gasteiger partial charge in [-0.15, -0.1) is 0 Å². The number of nitrogens with one attached hydrogen (secondary N) is 1. The molecule has 4 heterocycles. The number of aromatic nitrogens is 5. The summed E-state index contributed by atoms with van der Waals surface area (Å²) >= 11 is 0. The number of carbonyl (C=O) groups excluding carboxylic acids is 1. The number of rotatable bonds is 6. The van der Waals surface area contributed by atoms with Gasteiger partial charge >= 0.3 is 0 Å². The summed E-state index contributed by atoms with van der Waals surface area (Å²) in [6, 6.07) is 23.8. The number of benzene rings is 2. The molecule has 190 valence electrons. The second kappa shape index (κ2) is 9.13. The average molecular weight is 511 g/mol. The molecule has 2 aromatic carbocycles. The summed E-state index contributed by atoms with van der Waals surface area (Å²) in [5, 5.41) is 4.17. The normalized spacial score (nSPS) is 14.8. The molecule has 39 heavy (non-hydrogen) atoms. The Morgan fingerprint density at radius 2 is 1.69 bits per heavy atom. The van der Waals surface area contributed by atoms with Gasteiger partial charge in [-0.05, 0) is 73.4 Å². The third kappa shape index (κ3) is 4.12. The SMILES string of the molecule is CC(NC(=O)c1ccc(-c2cnc3ncc(C4(c5ccc6ncccc6c5)CC4)n3c2)cc1)c1ccccn1. The third-order valence-electron chi connectivity index (χ3n) is 7.72. The van der Waals surface area contributed by atoms with Crippen molar-refractivity contribution < 1.29 is 4.79 Å². The number of carbonyl (C=O) groups is 1. The lowest BCUT2D eigenvalue weighted by Crippen LogP contribution is -2.27. The fourth-order valence-corrected chi connectivity index (χ4v) is 5.37. The van der Waals surface area contributed by atoms with E-state index in [1.807, 2.05) is 74.0 Å². The van der Waals surface area contributed by atoms with Crippen LogP contribution in [0.15, 0.2) is 104 Å². The molecule has 0 radical (unpaired) electrons. The summed E-state index contributed by atoms with van der Waals surface area (Å²) in [5.74, 6) is 0.549. The molecule has 6 aromatic rings. The van der Waals surface area contributed by atoms with Gasteiger partial charge in [-0.1, -0.05) is 30.3 Å². The lowest BCUT2D eigenvalue weighted by molar-refractivity contribution is 0.0939. The molecule has 0 spiro atoms. The fraction of sp³-hybridized carbons (Fsp3) is 0.156. The highest BCUT2D eigenvalue weighted by Crippen LogP contribution is 2.53. The fourth-order valence-electron chi connectivity index (χ4n) is 5.37. The predicted octanol–water partition coefficient (Wildman–Crippen LogP) is 5.91. The van der Waals surface area contributed by atoms with Crippen molar-refractivity contribution in [2.75, 3.05) is 0 Å². The quantitative estimate of drug-likeness (QED) is 0.301. The van der Waals surface area contributed by atoms with E-state index >= 15 is 0 Å². The van der Waals surface area contributed by atoms with Gasteiger partial charge in [0.15, 0.2) is 0 Å². The Kier molecular flexibility index (Phi) is 5.44. The Morgan fingerprint density at radius 3 is 2.49 bits per heavy atom. The molecule has 0 bridgehead atoms. The summed E-state index contributed by atoms with van der Waals surface area (Å²) in [6.07, 6.45) is 11.6. The zero-order valence-electron chi connectivity index (χ0n) is 21.5. The Balaban J connectivity index is 1.17. The minimum absolute atomic E-state index is 0.0734. The van der Waals surface area contributed by atoms with Crippen LogP contribution in [0.4, 0.5) is 0 Å². The van der Waals surface area contributed by atoms with Gasteiger partial charge in [-0.3, -0.25) is 19.2 Å². The topological polar surface area (TPSA) is 85.1 Å². The van der Waals surface area contributed by atoms with Gasteiger partial charge in [0.2, 0.25) is 5.78 Å². The lowest BCUT2D eigenvalue weighted by Gasteiger charge is -2.17. The molecule has 0 aliphatic heterocycles. The van der Waals surface area contributed by atoms with Crippen molar-refractivity contribution in [2.45, 2.75) is 31.2 Å². The largest absolute Gasteiger partial charge is 0.344 e. The number of hydrogen-bond donors (Lipinski definition) is 1. The van der Waals surface area contributed by atoms with Crippen LogP contribution in [0.2, 0.25) is 0 Å². The highest BCUT2D eigenvalue weighted by molar-refractivity contribution is 5.94. The van der Waals surface area contributed by atoms with E-state index in [0.717, 1.165) is 46.3 Å². The van der Waals surface area contributed by atoms with Crippen molar-refractivity contribution in [3.63, 3.8) is 0 Å². The average Bonchev–Trinajstić information content (AvgIpc) is 3.69. The maximum absolute atomic E-state index is 12.8. The smallest absolute Gasteiger partial charge is 0.251 e. The van der Waals surface area contributed by atoms with Crippen LogP contribution >= 0.6 is 0 Å². The maximum atomic E-state index is 12.8. The second-order valence-electron chi connectivity index (χ2n) is 10.2. The van der Waals surface area contributed by atoms with Crippen LogP contribution in [-0.2, 0) is 5.41 Å². The lowest BCUT2D eigenvalue weighted by atomic mass is 9.91. The van der Waals surface area contributed by atoms with Gasteiger partial charge in [-0.25, -0.2) is 9.97 Å². The van der Waals surface area contributed by atoms with Gasteiger partial charge in [0.25, 0.3) is 5.91 Å². The first-order chi connectivity index (χ1) is 19.1. The first-order valence-corrected chi connectivity index (χ1v) is 13.1. The van der Waals surface area contributed by atoms with Crippen LogP contribution in [0.1, 0.15) is 53.1 Å². The van der Waals surface area contributed by atoms with Crippen LogP contribution in [0.3, 0.4) is 0 Å². The van der Waals surface area contributed by atoms with Crippen molar-refractivity contribution in [1.29, 1.82) is 0 Å². The molecule has 7 rings (SSSR count). The minimum Gasteiger partial charge on any atom is -0.344 e. The Labute approximate surface area is 225 Å². The van der Waals surface area contributed by atoms with Gasteiger partial charge in [0, 0.05) is 46.7 Å². The molecule has 1 amide bonds. The standard InChI is InChI=1S/C32H26N6O/c1-21(27-6-2-3-15-33-27)37-30(39)23-9-7-22(8-10-23)25-18-35-31-36-19-29(38(31)20-25)32(13-14-32)26-11-12-28-24(17-26)5-4-16-34-28/h2-12,15-21H,13-14H2,1H3,(H,37,39). The molecule has 1 N–H and O–H groups in total. The molecule has 1 fully saturated rings. The van der Waals surface area contributed by atoms with Gasteiger partial charge in [0.05, 0.1) is 29.1 Å². The number of imidazole rings is 1. The number of fused-ring (bicyclic) bond motifs is 2. The van der Waals surface area contributed by atoms with Crippen molar-refractivity contribution in [3.8, 4) is 11.1 Å². The van der Waals surface area contributed by atoms with Crippen LogP contribution in [-0.4, -0.2) is 30.2 Å². The molecule has 1 saturated carbocycles. The molecule has 1 aliphatic carbocycles. The zero-order chi connectivity index (χ0) is 26.4. The van der Waals surface area contributed by atoms with Crippen molar-refractivity contribution in [1.82, 2.24) is 29.7 Å². The Hall–Kier alpha value is -4.91. The third-order valence-corrected chi connectivity index (χ3v) is 7.72. The Morgan fingerprint density at radius 1 is 0.872 bits per heavy atom. The van der Waals surface area contributed by atoms with E-state index in [9.17, 15) is 4.79 Å². The second-order valence-corrected chi connectivity index (χ2v) is 10.2. The Bertz CT molecular complexity index is 1820. The molecule has 4 aromatic heterocycles. The number of pyridine rings is 2. The molecule has 7 nitrogen and oxygen atoms in total. The van der Waals surface area contributed by atoms with Crippen LogP contribution in [0.5, 0.6) is 0 Å². The van der Waals surface area contributed by atoms with E-state index in [2.05, 4.69) is 60.1 Å². The molecule has 7 heteroatoms. The summed E-state index contributed by atoms with van der Waals surface area (Å²) < 4.78 is 2.12. The van der Waals surface area contributed by atoms with E-state index in [0.29, 0.717) is 11.3 Å². The molecular weight excluding hydrogens is 484 g/mol. The van der Waals surface area contributed by atoms with Gasteiger partial charge in [0.1, 0.15) is 0 Å². The number of hydrogen-bond acceptors (Lipinski definition) is 5. The summed E-state index contributed by atoms with van der Waals surface area (Å²) in [5.41, 5.74) is 6.74. The monoisotopic (exact) mass is 510 g/mol. The van der Waals surface area contributed by atoms with E-state index in [-0.39, 0.29) is 17.4 Å². The van der Waals surface area contributed by atoms with Crippen LogP contribution < -0.4 is 5.32 Å². The van der Waals surface area contributed by atoms with E-state index in [1.165, 1.54) is 5.56 Å². The summed E-state index contributed by atoms with van der Waals surface area (Å²) in [4.78, 5) is 30.9.